The molecule has 2 aromatic rings. The molecule has 0 aliphatic heterocycles. The third kappa shape index (κ3) is 3.06. The molecule has 0 radical (unpaired) electrons. The first-order valence-corrected chi connectivity index (χ1v) is 6.20. The number of nitrogen functional groups attached to an aromatic ring is 1. The number of nitrogens with two attached hydrogens (primary N) is 1. The summed E-state index contributed by atoms with van der Waals surface area (Å²) < 4.78 is 5.69. The van der Waals surface area contributed by atoms with E-state index in [1.165, 1.54) is 18.2 Å². The molecule has 0 bridgehead atoms. The molecule has 5 nitrogen and oxygen atoms in total. The molecule has 2 aromatic carbocycles. The Labute approximate surface area is 117 Å². The number of aryl methyl sites for hydroxylation is 2. The number of nitro benzene ring substituents is 1. The average Bonchev–Trinajstić information content (AvgIpc) is 2.39. The molecule has 104 valence electrons. The van der Waals surface area contributed by atoms with Crippen LogP contribution in [0.1, 0.15) is 16.7 Å². The Hall–Kier alpha value is -2.56. The van der Waals surface area contributed by atoms with Crippen LogP contribution in [0.2, 0.25) is 0 Å². The van der Waals surface area contributed by atoms with Gasteiger partial charge in [0.1, 0.15) is 12.4 Å². The van der Waals surface area contributed by atoms with Crippen LogP contribution in [0.25, 0.3) is 0 Å². The van der Waals surface area contributed by atoms with Crippen LogP contribution in [-0.2, 0) is 6.61 Å². The number of non-ortho nitro benzene ring substituents is 1. The summed E-state index contributed by atoms with van der Waals surface area (Å²) in [6, 6.07) is 10.2. The third-order valence-electron chi connectivity index (χ3n) is 3.05. The summed E-state index contributed by atoms with van der Waals surface area (Å²) >= 11 is 0. The number of nitrogens with zero attached hydrogens (tertiary/aromatic N) is 1. The van der Waals surface area contributed by atoms with E-state index in [4.69, 9.17) is 10.5 Å². The molecule has 0 amide bonds. The normalized spacial score (nSPS) is 10.3. The maximum Gasteiger partial charge on any atom is 0.269 e. The van der Waals surface area contributed by atoms with Crippen LogP contribution >= 0.6 is 0 Å². The van der Waals surface area contributed by atoms with E-state index in [1.54, 1.807) is 0 Å². The molecule has 0 aliphatic rings. The van der Waals surface area contributed by atoms with E-state index in [0.717, 1.165) is 16.9 Å². The Morgan fingerprint density at radius 3 is 2.60 bits per heavy atom. The van der Waals surface area contributed by atoms with E-state index in [1.807, 2.05) is 32.0 Å². The number of benzene rings is 2. The smallest absolute Gasteiger partial charge is 0.269 e. The monoisotopic (exact) mass is 272 g/mol. The minimum Gasteiger partial charge on any atom is -0.489 e. The zero-order valence-electron chi connectivity index (χ0n) is 11.4. The Balaban J connectivity index is 2.18. The standard InChI is InChI=1S/C15H16N2O3/c1-10-3-6-15(11(2)7-10)20-9-12-8-13(17(18)19)4-5-14(12)16/h3-8H,9,16H2,1-2H3. The molecule has 20 heavy (non-hydrogen) atoms. The summed E-state index contributed by atoms with van der Waals surface area (Å²) in [5.74, 6) is 0.751. The molecule has 0 aliphatic carbocycles. The SMILES string of the molecule is Cc1ccc(OCc2cc([N+](=O)[O-])ccc2N)c(C)c1. The summed E-state index contributed by atoms with van der Waals surface area (Å²) in [6.45, 7) is 4.17. The maximum absolute atomic E-state index is 10.8. The van der Waals surface area contributed by atoms with Crippen LogP contribution in [0.3, 0.4) is 0 Å². The highest BCUT2D eigenvalue weighted by Gasteiger charge is 2.10. The second-order valence-corrected chi connectivity index (χ2v) is 4.70. The van der Waals surface area contributed by atoms with E-state index < -0.39 is 4.92 Å². The minimum absolute atomic E-state index is 0.0124. The molecular formula is C15H16N2O3. The quantitative estimate of drug-likeness (QED) is 0.525. The van der Waals surface area contributed by atoms with Crippen molar-refractivity contribution >= 4 is 11.4 Å². The second-order valence-electron chi connectivity index (χ2n) is 4.70. The lowest BCUT2D eigenvalue weighted by molar-refractivity contribution is -0.384. The van der Waals surface area contributed by atoms with Gasteiger partial charge in [0.2, 0.25) is 0 Å². The van der Waals surface area contributed by atoms with Crippen molar-refractivity contribution in [2.24, 2.45) is 0 Å². The average molecular weight is 272 g/mol. The van der Waals surface area contributed by atoms with E-state index >= 15 is 0 Å². The Kier molecular flexibility index (Phi) is 3.89. The van der Waals surface area contributed by atoms with Crippen LogP contribution in [0.15, 0.2) is 36.4 Å². The highest BCUT2D eigenvalue weighted by atomic mass is 16.6. The summed E-state index contributed by atoms with van der Waals surface area (Å²) in [5, 5.41) is 10.8. The highest BCUT2D eigenvalue weighted by molar-refractivity contribution is 5.52. The Bertz CT molecular complexity index is 654. The van der Waals surface area contributed by atoms with E-state index in [9.17, 15) is 10.1 Å². The second kappa shape index (κ2) is 5.61. The summed E-state index contributed by atoms with van der Waals surface area (Å²) in [7, 11) is 0. The first-order valence-electron chi connectivity index (χ1n) is 6.20. The first kappa shape index (κ1) is 13.9. The molecule has 0 saturated carbocycles. The van der Waals surface area contributed by atoms with Gasteiger partial charge in [-0.2, -0.15) is 0 Å². The van der Waals surface area contributed by atoms with Gasteiger partial charge in [0.25, 0.3) is 5.69 Å². The molecule has 2 rings (SSSR count). The number of rotatable bonds is 4. The largest absolute Gasteiger partial charge is 0.489 e. The van der Waals surface area contributed by atoms with Crippen LogP contribution in [-0.4, -0.2) is 4.92 Å². The van der Waals surface area contributed by atoms with Crippen LogP contribution in [0, 0.1) is 24.0 Å². The van der Waals surface area contributed by atoms with E-state index in [0.29, 0.717) is 11.3 Å². The molecule has 2 N–H and O–H groups in total. The molecular weight excluding hydrogens is 256 g/mol. The van der Waals surface area contributed by atoms with E-state index in [-0.39, 0.29) is 12.3 Å². The fourth-order valence-corrected chi connectivity index (χ4v) is 1.95. The number of hydrogen-bond acceptors (Lipinski definition) is 4. The van der Waals surface area contributed by atoms with Gasteiger partial charge in [-0.15, -0.1) is 0 Å². The summed E-state index contributed by atoms with van der Waals surface area (Å²) in [4.78, 5) is 10.3. The fourth-order valence-electron chi connectivity index (χ4n) is 1.95. The van der Waals surface area contributed by atoms with Gasteiger partial charge < -0.3 is 10.5 Å². The van der Waals surface area contributed by atoms with Gasteiger partial charge in [0.15, 0.2) is 0 Å². The zero-order valence-corrected chi connectivity index (χ0v) is 11.4. The summed E-state index contributed by atoms with van der Waals surface area (Å²) in [6.07, 6.45) is 0. The van der Waals surface area contributed by atoms with Gasteiger partial charge in [0, 0.05) is 23.4 Å². The molecule has 0 fully saturated rings. The molecule has 0 atom stereocenters. The fraction of sp³-hybridized carbons (Fsp3) is 0.200. The molecule has 0 spiro atoms. The molecule has 0 unspecified atom stereocenters. The van der Waals surface area contributed by atoms with E-state index in [2.05, 4.69) is 0 Å². The third-order valence-corrected chi connectivity index (χ3v) is 3.05. The van der Waals surface area contributed by atoms with Crippen molar-refractivity contribution in [3.63, 3.8) is 0 Å². The number of nitro groups is 1. The van der Waals surface area contributed by atoms with Crippen LogP contribution in [0.4, 0.5) is 11.4 Å². The zero-order chi connectivity index (χ0) is 14.7. The Morgan fingerprint density at radius 2 is 1.95 bits per heavy atom. The Morgan fingerprint density at radius 1 is 1.20 bits per heavy atom. The van der Waals surface area contributed by atoms with Gasteiger partial charge in [0.05, 0.1) is 4.92 Å². The number of anilines is 1. The van der Waals surface area contributed by atoms with Gasteiger partial charge in [-0.1, -0.05) is 17.7 Å². The molecule has 5 heteroatoms. The summed E-state index contributed by atoms with van der Waals surface area (Å²) in [5.41, 5.74) is 9.10. The van der Waals surface area contributed by atoms with Crippen molar-refractivity contribution in [3.8, 4) is 5.75 Å². The lowest BCUT2D eigenvalue weighted by Gasteiger charge is -2.11. The predicted octanol–water partition coefficient (Wildman–Crippen LogP) is 3.37. The van der Waals surface area contributed by atoms with Crippen molar-refractivity contribution in [2.75, 3.05) is 5.73 Å². The van der Waals surface area contributed by atoms with Crippen molar-refractivity contribution in [1.82, 2.24) is 0 Å². The number of hydrogen-bond donors (Lipinski definition) is 1. The molecule has 0 aromatic heterocycles. The lowest BCUT2D eigenvalue weighted by Crippen LogP contribution is -2.02. The molecule has 0 saturated heterocycles. The van der Waals surface area contributed by atoms with Gasteiger partial charge in [-0.25, -0.2) is 0 Å². The number of ether oxygens (including phenoxy) is 1. The lowest BCUT2D eigenvalue weighted by atomic mass is 10.1. The van der Waals surface area contributed by atoms with Crippen molar-refractivity contribution in [1.29, 1.82) is 0 Å². The maximum atomic E-state index is 10.8. The first-order chi connectivity index (χ1) is 9.47. The predicted molar refractivity (Wildman–Crippen MR) is 77.8 cm³/mol. The minimum atomic E-state index is -0.444. The highest BCUT2D eigenvalue weighted by Crippen LogP contribution is 2.24. The van der Waals surface area contributed by atoms with Gasteiger partial charge >= 0.3 is 0 Å². The van der Waals surface area contributed by atoms with Gasteiger partial charge in [-0.05, 0) is 31.5 Å². The van der Waals surface area contributed by atoms with Crippen LogP contribution < -0.4 is 10.5 Å². The van der Waals surface area contributed by atoms with Crippen molar-refractivity contribution in [3.05, 3.63) is 63.2 Å². The topological polar surface area (TPSA) is 78.4 Å². The van der Waals surface area contributed by atoms with Gasteiger partial charge in [-0.3, -0.25) is 10.1 Å². The van der Waals surface area contributed by atoms with Crippen molar-refractivity contribution < 1.29 is 9.66 Å². The van der Waals surface area contributed by atoms with Crippen molar-refractivity contribution in [2.45, 2.75) is 20.5 Å². The molecule has 0 heterocycles. The van der Waals surface area contributed by atoms with Crippen LogP contribution in [0.5, 0.6) is 5.75 Å².